The fourth-order valence-corrected chi connectivity index (χ4v) is 1.66. The molecule has 0 aromatic heterocycles. The Morgan fingerprint density at radius 1 is 1.38 bits per heavy atom. The number of fused-ring (bicyclic) bond motifs is 1. The van der Waals surface area contributed by atoms with Crippen LogP contribution in [0.4, 0.5) is 10.5 Å². The maximum atomic E-state index is 11.5. The highest BCUT2D eigenvalue weighted by atomic mass is 16.5. The van der Waals surface area contributed by atoms with Crippen LogP contribution in [0.2, 0.25) is 0 Å². The fraction of sp³-hybridized carbons (Fsp3) is 0.273. The van der Waals surface area contributed by atoms with Gasteiger partial charge < -0.3 is 10.1 Å². The molecular weight excluding hydrogens is 208 g/mol. The minimum atomic E-state index is -0.494. The van der Waals surface area contributed by atoms with Crippen molar-refractivity contribution in [2.45, 2.75) is 6.54 Å². The number of anilines is 1. The molecule has 1 aromatic rings. The Kier molecular flexibility index (Phi) is 2.76. The maximum absolute atomic E-state index is 11.5. The molecule has 84 valence electrons. The van der Waals surface area contributed by atoms with E-state index in [0.717, 1.165) is 11.3 Å². The number of nitrogens with one attached hydrogen (secondary N) is 1. The molecular formula is C11H12N2O3. The molecule has 0 radical (unpaired) electrons. The third-order valence-electron chi connectivity index (χ3n) is 2.42. The quantitative estimate of drug-likeness (QED) is 0.714. The number of methoxy groups -OCH3 is 1. The summed E-state index contributed by atoms with van der Waals surface area (Å²) in [7, 11) is 1.30. The van der Waals surface area contributed by atoms with E-state index in [1.165, 1.54) is 12.0 Å². The van der Waals surface area contributed by atoms with Crippen molar-refractivity contribution in [1.82, 2.24) is 4.90 Å². The van der Waals surface area contributed by atoms with Gasteiger partial charge in [0.25, 0.3) is 0 Å². The average molecular weight is 220 g/mol. The second kappa shape index (κ2) is 4.22. The van der Waals surface area contributed by atoms with Crippen LogP contribution < -0.4 is 5.32 Å². The van der Waals surface area contributed by atoms with E-state index in [4.69, 9.17) is 0 Å². The van der Waals surface area contributed by atoms with Crippen LogP contribution in [0.1, 0.15) is 5.56 Å². The van der Waals surface area contributed by atoms with E-state index in [-0.39, 0.29) is 12.5 Å². The van der Waals surface area contributed by atoms with Gasteiger partial charge in [0.1, 0.15) is 6.54 Å². The lowest BCUT2D eigenvalue weighted by Gasteiger charge is -2.17. The van der Waals surface area contributed by atoms with Gasteiger partial charge in [-0.3, -0.25) is 9.69 Å². The van der Waals surface area contributed by atoms with E-state index in [1.54, 1.807) is 0 Å². The Labute approximate surface area is 93.0 Å². The van der Waals surface area contributed by atoms with Crippen molar-refractivity contribution in [1.29, 1.82) is 0 Å². The zero-order valence-corrected chi connectivity index (χ0v) is 8.90. The molecule has 1 aliphatic heterocycles. The van der Waals surface area contributed by atoms with Gasteiger partial charge in [-0.1, -0.05) is 18.2 Å². The van der Waals surface area contributed by atoms with E-state index in [0.29, 0.717) is 6.54 Å². The van der Waals surface area contributed by atoms with Gasteiger partial charge in [0.15, 0.2) is 0 Å². The Morgan fingerprint density at radius 2 is 2.12 bits per heavy atom. The summed E-state index contributed by atoms with van der Waals surface area (Å²) in [4.78, 5) is 24.3. The average Bonchev–Trinajstić information content (AvgIpc) is 2.45. The van der Waals surface area contributed by atoms with Gasteiger partial charge in [-0.25, -0.2) is 4.79 Å². The van der Waals surface area contributed by atoms with Crippen molar-refractivity contribution in [3.8, 4) is 0 Å². The molecule has 5 nitrogen and oxygen atoms in total. The first-order chi connectivity index (χ1) is 7.70. The minimum absolute atomic E-state index is 0.0152. The zero-order valence-electron chi connectivity index (χ0n) is 8.90. The number of hydrogen-bond donors (Lipinski definition) is 1. The van der Waals surface area contributed by atoms with Crippen LogP contribution in [0.3, 0.4) is 0 Å². The second-order valence-electron chi connectivity index (χ2n) is 3.53. The topological polar surface area (TPSA) is 58.6 Å². The molecule has 0 spiro atoms. The van der Waals surface area contributed by atoms with Crippen LogP contribution in [0.15, 0.2) is 24.3 Å². The number of nitrogens with zero attached hydrogens (tertiary/aromatic N) is 1. The number of hydrogen-bond acceptors (Lipinski definition) is 3. The van der Waals surface area contributed by atoms with E-state index in [9.17, 15) is 9.59 Å². The lowest BCUT2D eigenvalue weighted by Crippen LogP contribution is -2.35. The smallest absolute Gasteiger partial charge is 0.410 e. The molecule has 16 heavy (non-hydrogen) atoms. The lowest BCUT2D eigenvalue weighted by molar-refractivity contribution is -0.116. The second-order valence-corrected chi connectivity index (χ2v) is 3.53. The Hall–Kier alpha value is -2.04. The Morgan fingerprint density at radius 3 is 2.88 bits per heavy atom. The summed E-state index contributed by atoms with van der Waals surface area (Å²) in [5.74, 6) is -0.213. The van der Waals surface area contributed by atoms with Crippen molar-refractivity contribution in [2.24, 2.45) is 0 Å². The third-order valence-corrected chi connectivity index (χ3v) is 2.42. The third kappa shape index (κ3) is 1.98. The van der Waals surface area contributed by atoms with Crippen LogP contribution in [0.5, 0.6) is 0 Å². The molecule has 2 amide bonds. The molecule has 0 fully saturated rings. The number of rotatable bonds is 0. The predicted octanol–water partition coefficient (Wildman–Crippen LogP) is 1.21. The molecule has 0 unspecified atom stereocenters. The number of ether oxygens (including phenoxy) is 1. The van der Waals surface area contributed by atoms with Gasteiger partial charge in [0.2, 0.25) is 5.91 Å². The highest BCUT2D eigenvalue weighted by Crippen LogP contribution is 2.20. The van der Waals surface area contributed by atoms with Gasteiger partial charge in [-0.2, -0.15) is 0 Å². The van der Waals surface area contributed by atoms with Crippen molar-refractivity contribution < 1.29 is 14.3 Å². The van der Waals surface area contributed by atoms with Crippen molar-refractivity contribution in [3.63, 3.8) is 0 Å². The highest BCUT2D eigenvalue weighted by Gasteiger charge is 2.22. The zero-order chi connectivity index (χ0) is 11.5. The molecule has 1 aromatic carbocycles. The van der Waals surface area contributed by atoms with Gasteiger partial charge in [-0.15, -0.1) is 0 Å². The molecule has 0 saturated heterocycles. The van der Waals surface area contributed by atoms with Gasteiger partial charge >= 0.3 is 6.09 Å². The number of amides is 2. The van der Waals surface area contributed by atoms with Crippen LogP contribution in [0, 0.1) is 0 Å². The van der Waals surface area contributed by atoms with E-state index in [1.807, 2.05) is 24.3 Å². The molecule has 0 saturated carbocycles. The first kappa shape index (κ1) is 10.5. The van der Waals surface area contributed by atoms with Crippen molar-refractivity contribution in [2.75, 3.05) is 19.0 Å². The molecule has 2 rings (SSSR count). The minimum Gasteiger partial charge on any atom is -0.453 e. The maximum Gasteiger partial charge on any atom is 0.410 e. The summed E-state index contributed by atoms with van der Waals surface area (Å²) >= 11 is 0. The number of benzene rings is 1. The standard InChI is InChI=1S/C11H12N2O3/c1-16-11(15)13-6-8-4-2-3-5-9(8)12-10(14)7-13/h2-5H,6-7H2,1H3,(H,12,14). The number of carbonyl (C=O) groups is 2. The SMILES string of the molecule is COC(=O)N1CC(=O)Nc2ccccc2C1. The molecule has 1 aliphatic rings. The largest absolute Gasteiger partial charge is 0.453 e. The first-order valence-corrected chi connectivity index (χ1v) is 4.91. The monoisotopic (exact) mass is 220 g/mol. The van der Waals surface area contributed by atoms with Crippen molar-refractivity contribution >= 4 is 17.7 Å². The molecule has 0 atom stereocenters. The van der Waals surface area contributed by atoms with Crippen LogP contribution >= 0.6 is 0 Å². The van der Waals surface area contributed by atoms with E-state index < -0.39 is 6.09 Å². The van der Waals surface area contributed by atoms with Gasteiger partial charge in [0.05, 0.1) is 13.7 Å². The van der Waals surface area contributed by atoms with Gasteiger partial charge in [0, 0.05) is 5.69 Å². The summed E-state index contributed by atoms with van der Waals surface area (Å²) in [5, 5.41) is 2.74. The van der Waals surface area contributed by atoms with Crippen LogP contribution in [-0.2, 0) is 16.1 Å². The van der Waals surface area contributed by atoms with Crippen molar-refractivity contribution in [3.05, 3.63) is 29.8 Å². The summed E-state index contributed by atoms with van der Waals surface area (Å²) in [6.45, 7) is 0.392. The molecule has 0 aliphatic carbocycles. The van der Waals surface area contributed by atoms with E-state index in [2.05, 4.69) is 10.1 Å². The summed E-state index contributed by atoms with van der Waals surface area (Å²) < 4.78 is 4.62. The Bertz CT molecular complexity index is 431. The summed E-state index contributed by atoms with van der Waals surface area (Å²) in [6.07, 6.45) is -0.494. The first-order valence-electron chi connectivity index (χ1n) is 4.91. The molecule has 1 N–H and O–H groups in total. The predicted molar refractivity (Wildman–Crippen MR) is 57.9 cm³/mol. The molecule has 1 heterocycles. The number of para-hydroxylation sites is 1. The normalized spacial score (nSPS) is 14.8. The van der Waals surface area contributed by atoms with Gasteiger partial charge in [-0.05, 0) is 11.6 Å². The fourth-order valence-electron chi connectivity index (χ4n) is 1.66. The van der Waals surface area contributed by atoms with Crippen LogP contribution in [-0.4, -0.2) is 30.6 Å². The summed E-state index contributed by atoms with van der Waals surface area (Å²) in [6, 6.07) is 7.39. The van der Waals surface area contributed by atoms with Crippen LogP contribution in [0.25, 0.3) is 0 Å². The summed E-state index contributed by atoms with van der Waals surface area (Å²) in [5.41, 5.74) is 1.65. The lowest BCUT2D eigenvalue weighted by atomic mass is 10.2. The highest BCUT2D eigenvalue weighted by molar-refractivity contribution is 5.95. The molecule has 0 bridgehead atoms. The number of carbonyl (C=O) groups excluding carboxylic acids is 2. The van der Waals surface area contributed by atoms with E-state index >= 15 is 0 Å². The Balaban J connectivity index is 2.30. The molecule has 5 heteroatoms.